The Morgan fingerprint density at radius 1 is 1.27 bits per heavy atom. The van der Waals surface area contributed by atoms with Crippen molar-refractivity contribution >= 4 is 21.7 Å². The van der Waals surface area contributed by atoms with Gasteiger partial charge in [-0.2, -0.15) is 0 Å². The van der Waals surface area contributed by atoms with E-state index in [0.717, 1.165) is 22.0 Å². The second-order valence-corrected chi connectivity index (χ2v) is 3.70. The summed E-state index contributed by atoms with van der Waals surface area (Å²) in [5.74, 6) is 0.544. The quantitative estimate of drug-likeness (QED) is 0.848. The first-order chi connectivity index (χ1) is 7.31. The Kier molecular flexibility index (Phi) is 2.97. The van der Waals surface area contributed by atoms with Crippen LogP contribution in [0.5, 0.6) is 0 Å². The predicted octanol–water partition coefficient (Wildman–Crippen LogP) is 2.62. The zero-order valence-corrected chi connectivity index (χ0v) is 9.61. The highest BCUT2D eigenvalue weighted by Crippen LogP contribution is 2.25. The van der Waals surface area contributed by atoms with E-state index in [1.807, 2.05) is 18.2 Å². The largest absolute Gasteiger partial charge is 0.384 e. The van der Waals surface area contributed by atoms with Crippen molar-refractivity contribution in [3.63, 3.8) is 0 Å². The van der Waals surface area contributed by atoms with Gasteiger partial charge in [0.25, 0.3) is 0 Å². The second kappa shape index (κ2) is 4.40. The molecule has 0 aliphatic rings. The number of nitrogen functional groups attached to an aromatic ring is 1. The first-order valence-corrected chi connectivity index (χ1v) is 5.64. The molecule has 0 saturated heterocycles. The molecule has 15 heavy (non-hydrogen) atoms. The Bertz CT molecular complexity index is 457. The van der Waals surface area contributed by atoms with Crippen LogP contribution in [0, 0.1) is 0 Å². The van der Waals surface area contributed by atoms with E-state index in [-0.39, 0.29) is 0 Å². The molecule has 4 heteroatoms. The molecular formula is C11H10BrN3. The van der Waals surface area contributed by atoms with Gasteiger partial charge in [-0.25, -0.2) is 4.98 Å². The van der Waals surface area contributed by atoms with E-state index in [4.69, 9.17) is 5.73 Å². The molecule has 0 fully saturated rings. The van der Waals surface area contributed by atoms with Gasteiger partial charge < -0.3 is 5.73 Å². The summed E-state index contributed by atoms with van der Waals surface area (Å²) in [6.07, 6.45) is 5.33. The summed E-state index contributed by atoms with van der Waals surface area (Å²) in [7, 11) is 0. The van der Waals surface area contributed by atoms with E-state index in [0.29, 0.717) is 5.82 Å². The van der Waals surface area contributed by atoms with Gasteiger partial charge in [-0.3, -0.25) is 4.98 Å². The van der Waals surface area contributed by atoms with Crippen molar-refractivity contribution in [2.24, 2.45) is 0 Å². The highest BCUT2D eigenvalue weighted by molar-refractivity contribution is 9.08. The molecule has 0 unspecified atom stereocenters. The topological polar surface area (TPSA) is 51.8 Å². The Hall–Kier alpha value is -1.42. The molecule has 0 aromatic carbocycles. The fourth-order valence-electron chi connectivity index (χ4n) is 1.42. The van der Waals surface area contributed by atoms with Crippen molar-refractivity contribution in [3.8, 4) is 11.1 Å². The lowest BCUT2D eigenvalue weighted by molar-refractivity contribution is 1.27. The van der Waals surface area contributed by atoms with Crippen LogP contribution in [-0.4, -0.2) is 9.97 Å². The molecule has 0 saturated carbocycles. The minimum absolute atomic E-state index is 0.544. The van der Waals surface area contributed by atoms with E-state index >= 15 is 0 Å². The van der Waals surface area contributed by atoms with Crippen LogP contribution in [0.1, 0.15) is 5.56 Å². The van der Waals surface area contributed by atoms with E-state index in [1.165, 1.54) is 0 Å². The number of alkyl halides is 1. The molecule has 0 amide bonds. The molecule has 0 bridgehead atoms. The minimum Gasteiger partial charge on any atom is -0.384 e. The van der Waals surface area contributed by atoms with Gasteiger partial charge in [0.1, 0.15) is 5.82 Å². The number of aromatic nitrogens is 2. The van der Waals surface area contributed by atoms with Crippen molar-refractivity contribution in [3.05, 3.63) is 42.4 Å². The maximum Gasteiger partial charge on any atom is 0.123 e. The third kappa shape index (κ3) is 2.15. The third-order valence-corrected chi connectivity index (χ3v) is 2.75. The molecule has 2 heterocycles. The van der Waals surface area contributed by atoms with Crippen LogP contribution in [0.25, 0.3) is 11.1 Å². The van der Waals surface area contributed by atoms with Gasteiger partial charge in [-0.05, 0) is 29.3 Å². The first kappa shape index (κ1) is 10.1. The summed E-state index contributed by atoms with van der Waals surface area (Å²) in [5.41, 5.74) is 8.96. The van der Waals surface area contributed by atoms with Gasteiger partial charge in [-0.15, -0.1) is 0 Å². The fourth-order valence-corrected chi connectivity index (χ4v) is 1.88. The average molecular weight is 264 g/mol. The standard InChI is InChI=1S/C11H10BrN3/c12-6-9-5-11(13)15-7-10(9)8-1-3-14-4-2-8/h1-5,7H,6H2,(H2,13,15). The maximum absolute atomic E-state index is 5.64. The Balaban J connectivity index is 2.53. The summed E-state index contributed by atoms with van der Waals surface area (Å²) in [6, 6.07) is 5.79. The number of nitrogens with two attached hydrogens (primary N) is 1. The number of rotatable bonds is 2. The van der Waals surface area contributed by atoms with Crippen LogP contribution < -0.4 is 5.73 Å². The number of halogens is 1. The predicted molar refractivity (Wildman–Crippen MR) is 64.5 cm³/mol. The highest BCUT2D eigenvalue weighted by atomic mass is 79.9. The average Bonchev–Trinajstić information content (AvgIpc) is 2.30. The molecule has 0 atom stereocenters. The number of hydrogen-bond acceptors (Lipinski definition) is 3. The Labute approximate surface area is 96.5 Å². The third-order valence-electron chi connectivity index (χ3n) is 2.15. The SMILES string of the molecule is Nc1cc(CBr)c(-c2ccncc2)cn1. The molecule has 2 rings (SSSR count). The first-order valence-electron chi connectivity index (χ1n) is 4.52. The summed E-state index contributed by atoms with van der Waals surface area (Å²) >= 11 is 3.44. The molecule has 0 spiro atoms. The molecule has 2 N–H and O–H groups in total. The van der Waals surface area contributed by atoms with Crippen LogP contribution in [0.2, 0.25) is 0 Å². The normalized spacial score (nSPS) is 10.2. The summed E-state index contributed by atoms with van der Waals surface area (Å²) in [4.78, 5) is 8.09. The fraction of sp³-hybridized carbons (Fsp3) is 0.0909. The summed E-state index contributed by atoms with van der Waals surface area (Å²) in [6.45, 7) is 0. The van der Waals surface area contributed by atoms with E-state index in [1.54, 1.807) is 18.6 Å². The van der Waals surface area contributed by atoms with Crippen molar-refractivity contribution in [1.82, 2.24) is 9.97 Å². The van der Waals surface area contributed by atoms with Gasteiger partial charge in [0.15, 0.2) is 0 Å². The molecule has 0 aliphatic heterocycles. The van der Waals surface area contributed by atoms with Gasteiger partial charge in [0.05, 0.1) is 0 Å². The van der Waals surface area contributed by atoms with E-state index < -0.39 is 0 Å². The Morgan fingerprint density at radius 3 is 2.67 bits per heavy atom. The summed E-state index contributed by atoms with van der Waals surface area (Å²) < 4.78 is 0. The van der Waals surface area contributed by atoms with Gasteiger partial charge in [0, 0.05) is 29.5 Å². The number of hydrogen-bond donors (Lipinski definition) is 1. The highest BCUT2D eigenvalue weighted by Gasteiger charge is 2.04. The van der Waals surface area contributed by atoms with Crippen molar-refractivity contribution in [1.29, 1.82) is 0 Å². The van der Waals surface area contributed by atoms with Crippen molar-refractivity contribution in [2.45, 2.75) is 5.33 Å². The zero-order chi connectivity index (χ0) is 10.7. The molecule has 0 aliphatic carbocycles. The molecule has 2 aromatic rings. The second-order valence-electron chi connectivity index (χ2n) is 3.14. The molecular weight excluding hydrogens is 254 g/mol. The lowest BCUT2D eigenvalue weighted by atomic mass is 10.0. The summed E-state index contributed by atoms with van der Waals surface area (Å²) in [5, 5.41) is 0.761. The maximum atomic E-state index is 5.64. The lowest BCUT2D eigenvalue weighted by Gasteiger charge is -2.07. The monoisotopic (exact) mass is 263 g/mol. The van der Waals surface area contributed by atoms with E-state index in [2.05, 4.69) is 25.9 Å². The van der Waals surface area contributed by atoms with Crippen LogP contribution in [0.4, 0.5) is 5.82 Å². The van der Waals surface area contributed by atoms with Crippen LogP contribution >= 0.6 is 15.9 Å². The van der Waals surface area contributed by atoms with Gasteiger partial charge in [0.2, 0.25) is 0 Å². The number of nitrogens with zero attached hydrogens (tertiary/aromatic N) is 2. The lowest BCUT2D eigenvalue weighted by Crippen LogP contribution is -1.94. The molecule has 2 aromatic heterocycles. The van der Waals surface area contributed by atoms with Crippen LogP contribution in [-0.2, 0) is 5.33 Å². The Morgan fingerprint density at radius 2 is 2.00 bits per heavy atom. The minimum atomic E-state index is 0.544. The number of pyridine rings is 2. The van der Waals surface area contributed by atoms with Crippen molar-refractivity contribution in [2.75, 3.05) is 5.73 Å². The smallest absolute Gasteiger partial charge is 0.123 e. The zero-order valence-electron chi connectivity index (χ0n) is 8.02. The van der Waals surface area contributed by atoms with Crippen LogP contribution in [0.15, 0.2) is 36.8 Å². The molecule has 3 nitrogen and oxygen atoms in total. The molecule has 76 valence electrons. The van der Waals surface area contributed by atoms with Gasteiger partial charge >= 0.3 is 0 Å². The van der Waals surface area contributed by atoms with Crippen molar-refractivity contribution < 1.29 is 0 Å². The van der Waals surface area contributed by atoms with Gasteiger partial charge in [-0.1, -0.05) is 15.9 Å². The number of anilines is 1. The molecule has 0 radical (unpaired) electrons. The van der Waals surface area contributed by atoms with Crippen LogP contribution in [0.3, 0.4) is 0 Å². The van der Waals surface area contributed by atoms with E-state index in [9.17, 15) is 0 Å².